The molecule has 0 aliphatic carbocycles. The van der Waals surface area contributed by atoms with E-state index < -0.39 is 6.10 Å². The zero-order valence-corrected chi connectivity index (χ0v) is 11.8. The van der Waals surface area contributed by atoms with Crippen molar-refractivity contribution in [3.05, 3.63) is 50.7 Å². The third-order valence-electron chi connectivity index (χ3n) is 2.65. The van der Waals surface area contributed by atoms with Crippen molar-refractivity contribution in [3.8, 4) is 0 Å². The molecule has 0 aliphatic rings. The first kappa shape index (κ1) is 12.6. The van der Waals surface area contributed by atoms with Crippen LogP contribution in [0.4, 0.5) is 0 Å². The average molecular weight is 316 g/mol. The highest BCUT2D eigenvalue weighted by Crippen LogP contribution is 2.32. The maximum Gasteiger partial charge on any atom is 0.123 e. The van der Waals surface area contributed by atoms with Gasteiger partial charge in [-0.05, 0) is 18.6 Å². The lowest BCUT2D eigenvalue weighted by molar-refractivity contribution is 0.209. The zero-order valence-electron chi connectivity index (χ0n) is 9.48. The van der Waals surface area contributed by atoms with Crippen molar-refractivity contribution < 1.29 is 5.11 Å². The third-order valence-corrected chi connectivity index (χ3v) is 3.63. The normalized spacial score (nSPS) is 12.8. The Labute approximate surface area is 113 Å². The van der Waals surface area contributed by atoms with Crippen LogP contribution in [-0.2, 0) is 7.05 Å². The van der Waals surface area contributed by atoms with E-state index >= 15 is 0 Å². The van der Waals surface area contributed by atoms with Crippen LogP contribution in [0.2, 0.25) is 5.02 Å². The number of benzene rings is 1. The molecule has 1 atom stereocenters. The molecule has 0 saturated carbocycles. The summed E-state index contributed by atoms with van der Waals surface area (Å²) in [5.74, 6) is 0. The maximum atomic E-state index is 10.3. The van der Waals surface area contributed by atoms with Crippen molar-refractivity contribution >= 4 is 27.5 Å². The van der Waals surface area contributed by atoms with Gasteiger partial charge in [0.05, 0.1) is 16.9 Å². The summed E-state index contributed by atoms with van der Waals surface area (Å²) < 4.78 is 2.45. The molecule has 1 unspecified atom stereocenters. The molecule has 90 valence electrons. The molecular weight excluding hydrogens is 304 g/mol. The van der Waals surface area contributed by atoms with Gasteiger partial charge in [-0.2, -0.15) is 5.10 Å². The van der Waals surface area contributed by atoms with Gasteiger partial charge in [0, 0.05) is 17.1 Å². The van der Waals surface area contributed by atoms with Gasteiger partial charge in [-0.25, -0.2) is 0 Å². The summed E-state index contributed by atoms with van der Waals surface area (Å²) in [7, 11) is 1.76. The van der Waals surface area contributed by atoms with Gasteiger partial charge in [0.15, 0.2) is 0 Å². The van der Waals surface area contributed by atoms with E-state index in [1.165, 1.54) is 6.20 Å². The second kappa shape index (κ2) is 4.80. The van der Waals surface area contributed by atoms with E-state index in [9.17, 15) is 5.11 Å². The Morgan fingerprint density at radius 1 is 1.47 bits per heavy atom. The fourth-order valence-corrected chi connectivity index (χ4v) is 2.71. The number of aromatic nitrogens is 2. The molecule has 0 bridgehead atoms. The van der Waals surface area contributed by atoms with Gasteiger partial charge in [0.2, 0.25) is 0 Å². The summed E-state index contributed by atoms with van der Waals surface area (Å²) >= 11 is 9.46. The fraction of sp³-hybridized carbons (Fsp3) is 0.250. The predicted molar refractivity (Wildman–Crippen MR) is 71.2 cm³/mol. The van der Waals surface area contributed by atoms with Crippen LogP contribution in [0.25, 0.3) is 0 Å². The number of aliphatic hydroxyl groups is 1. The smallest absolute Gasteiger partial charge is 0.123 e. The molecule has 1 aromatic heterocycles. The first-order valence-electron chi connectivity index (χ1n) is 5.12. The molecule has 0 spiro atoms. The van der Waals surface area contributed by atoms with E-state index in [-0.39, 0.29) is 0 Å². The van der Waals surface area contributed by atoms with Crippen molar-refractivity contribution in [2.24, 2.45) is 7.05 Å². The molecule has 1 N–H and O–H groups in total. The highest BCUT2D eigenvalue weighted by Gasteiger charge is 2.20. The van der Waals surface area contributed by atoms with Crippen molar-refractivity contribution in [2.75, 3.05) is 0 Å². The van der Waals surface area contributed by atoms with Crippen molar-refractivity contribution in [1.29, 1.82) is 0 Å². The van der Waals surface area contributed by atoms with E-state index in [2.05, 4.69) is 21.0 Å². The highest BCUT2D eigenvalue weighted by atomic mass is 79.9. The summed E-state index contributed by atoms with van der Waals surface area (Å²) in [5.41, 5.74) is 2.50. The number of nitrogens with zero attached hydrogens (tertiary/aromatic N) is 2. The van der Waals surface area contributed by atoms with Crippen LogP contribution >= 0.6 is 27.5 Å². The first-order valence-corrected chi connectivity index (χ1v) is 6.29. The molecule has 1 aromatic carbocycles. The van der Waals surface area contributed by atoms with E-state index in [0.717, 1.165) is 15.6 Å². The molecule has 17 heavy (non-hydrogen) atoms. The van der Waals surface area contributed by atoms with E-state index in [1.54, 1.807) is 11.7 Å². The second-order valence-corrected chi connectivity index (χ2v) is 5.19. The third kappa shape index (κ3) is 2.39. The van der Waals surface area contributed by atoms with E-state index in [0.29, 0.717) is 10.7 Å². The van der Waals surface area contributed by atoms with Crippen molar-refractivity contribution in [1.82, 2.24) is 9.78 Å². The van der Waals surface area contributed by atoms with Crippen molar-refractivity contribution in [3.63, 3.8) is 0 Å². The predicted octanol–water partition coefficient (Wildman–Crippen LogP) is 3.23. The summed E-state index contributed by atoms with van der Waals surface area (Å²) in [6.07, 6.45) is 0.743. The molecule has 2 rings (SSSR count). The standard InChI is InChI=1S/C12H12BrClN2O/c1-7-3-4-8(9(13)5-7)12(17)11-10(14)6-15-16(11)2/h3-6,12,17H,1-2H3. The van der Waals surface area contributed by atoms with E-state index in [4.69, 9.17) is 11.6 Å². The Hall–Kier alpha value is -0.840. The van der Waals surface area contributed by atoms with Crippen LogP contribution in [0.1, 0.15) is 22.9 Å². The number of hydrogen-bond acceptors (Lipinski definition) is 2. The van der Waals surface area contributed by atoms with Gasteiger partial charge < -0.3 is 5.11 Å². The topological polar surface area (TPSA) is 38.1 Å². The molecule has 0 radical (unpaired) electrons. The zero-order chi connectivity index (χ0) is 12.6. The Bertz CT molecular complexity index is 534. The molecule has 2 aromatic rings. The number of aryl methyl sites for hydroxylation is 2. The molecule has 0 saturated heterocycles. The lowest BCUT2D eigenvalue weighted by Gasteiger charge is -2.14. The minimum absolute atomic E-state index is 0.465. The fourth-order valence-electron chi connectivity index (χ4n) is 1.73. The Balaban J connectivity index is 2.47. The number of rotatable bonds is 2. The molecule has 0 fully saturated rings. The Morgan fingerprint density at radius 2 is 2.18 bits per heavy atom. The van der Waals surface area contributed by atoms with Crippen LogP contribution in [0, 0.1) is 6.92 Å². The monoisotopic (exact) mass is 314 g/mol. The number of halogens is 2. The van der Waals surface area contributed by atoms with Crippen LogP contribution in [0.15, 0.2) is 28.9 Å². The Morgan fingerprint density at radius 3 is 2.71 bits per heavy atom. The minimum atomic E-state index is -0.787. The second-order valence-electron chi connectivity index (χ2n) is 3.93. The van der Waals surface area contributed by atoms with Crippen LogP contribution < -0.4 is 0 Å². The maximum absolute atomic E-state index is 10.3. The first-order chi connectivity index (χ1) is 8.00. The molecule has 0 aliphatic heterocycles. The largest absolute Gasteiger partial charge is 0.382 e. The van der Waals surface area contributed by atoms with Gasteiger partial charge in [-0.1, -0.05) is 39.7 Å². The molecule has 0 amide bonds. The molecule has 3 nitrogen and oxygen atoms in total. The summed E-state index contributed by atoms with van der Waals surface area (Å²) in [4.78, 5) is 0. The quantitative estimate of drug-likeness (QED) is 0.924. The van der Waals surface area contributed by atoms with Gasteiger partial charge in [0.25, 0.3) is 0 Å². The lowest BCUT2D eigenvalue weighted by atomic mass is 10.0. The molecular formula is C12H12BrClN2O. The number of aliphatic hydroxyl groups excluding tert-OH is 1. The van der Waals surface area contributed by atoms with Crippen LogP contribution in [0.3, 0.4) is 0 Å². The highest BCUT2D eigenvalue weighted by molar-refractivity contribution is 9.10. The number of hydrogen-bond donors (Lipinski definition) is 1. The van der Waals surface area contributed by atoms with Gasteiger partial charge in [0.1, 0.15) is 6.10 Å². The molecule has 1 heterocycles. The summed E-state index contributed by atoms with van der Waals surface area (Å²) in [5, 5.41) is 14.8. The van der Waals surface area contributed by atoms with Crippen LogP contribution in [0.5, 0.6) is 0 Å². The van der Waals surface area contributed by atoms with Crippen LogP contribution in [-0.4, -0.2) is 14.9 Å². The van der Waals surface area contributed by atoms with Crippen molar-refractivity contribution in [2.45, 2.75) is 13.0 Å². The molecule has 5 heteroatoms. The summed E-state index contributed by atoms with van der Waals surface area (Å²) in [6.45, 7) is 2.00. The van der Waals surface area contributed by atoms with Gasteiger partial charge >= 0.3 is 0 Å². The lowest BCUT2D eigenvalue weighted by Crippen LogP contribution is -2.08. The Kier molecular flexibility index (Phi) is 3.56. The SMILES string of the molecule is Cc1ccc(C(O)c2c(Cl)cnn2C)c(Br)c1. The average Bonchev–Trinajstić information content (AvgIpc) is 2.58. The van der Waals surface area contributed by atoms with Gasteiger partial charge in [-0.15, -0.1) is 0 Å². The van der Waals surface area contributed by atoms with E-state index in [1.807, 2.05) is 25.1 Å². The minimum Gasteiger partial charge on any atom is -0.382 e. The van der Waals surface area contributed by atoms with Gasteiger partial charge in [-0.3, -0.25) is 4.68 Å². The summed E-state index contributed by atoms with van der Waals surface area (Å²) in [6, 6.07) is 5.80.